The van der Waals surface area contributed by atoms with E-state index in [9.17, 15) is 0 Å². The fourth-order valence-corrected chi connectivity index (χ4v) is 3.05. The Hall–Kier alpha value is -1.65. The number of hydrogen-bond donors (Lipinski definition) is 2. The van der Waals surface area contributed by atoms with E-state index < -0.39 is 0 Å². The summed E-state index contributed by atoms with van der Waals surface area (Å²) in [5, 5.41) is 8.48. The molecule has 0 bridgehead atoms. The van der Waals surface area contributed by atoms with Crippen LogP contribution in [-0.4, -0.2) is 11.6 Å². The van der Waals surface area contributed by atoms with Crippen LogP contribution in [0.25, 0.3) is 0 Å². The highest BCUT2D eigenvalue weighted by atomic mass is 35.5. The minimum Gasteiger partial charge on any atom is -0.456 e. The van der Waals surface area contributed by atoms with E-state index in [2.05, 4.69) is 6.92 Å². The fraction of sp³-hybridized carbons (Fsp3) is 0.188. The molecule has 0 atom stereocenters. The molecule has 0 spiro atoms. The van der Waals surface area contributed by atoms with Gasteiger partial charge in [0.25, 0.3) is 0 Å². The average Bonchev–Trinajstić information content (AvgIpc) is 2.42. The van der Waals surface area contributed by atoms with Crippen molar-refractivity contribution >= 4 is 29.2 Å². The number of nitrogens with one attached hydrogen (secondary N) is 1. The molecule has 3 N–H and O–H groups in total. The number of benzene rings is 2. The SMILES string of the molecule is CCSc1cccc(Oc2ccc(Cl)cc2C)c1C(=N)N. The van der Waals surface area contributed by atoms with E-state index in [1.54, 1.807) is 17.8 Å². The first-order valence-electron chi connectivity index (χ1n) is 6.57. The van der Waals surface area contributed by atoms with Crippen LogP contribution in [0.2, 0.25) is 5.02 Å². The minimum absolute atomic E-state index is 0.00756. The monoisotopic (exact) mass is 320 g/mol. The first-order valence-corrected chi connectivity index (χ1v) is 7.93. The summed E-state index contributed by atoms with van der Waals surface area (Å²) in [6, 6.07) is 11.1. The molecular formula is C16H17ClN2OS. The lowest BCUT2D eigenvalue weighted by atomic mass is 10.1. The van der Waals surface area contributed by atoms with E-state index in [1.807, 2.05) is 37.3 Å². The normalized spacial score (nSPS) is 10.4. The number of nitrogens with two attached hydrogens (primary N) is 1. The standard InChI is InChI=1S/C16H17ClN2OS/c1-3-21-14-6-4-5-13(15(14)16(18)19)20-12-8-7-11(17)9-10(12)2/h4-9H,3H2,1-2H3,(H3,18,19). The molecular weight excluding hydrogens is 304 g/mol. The minimum atomic E-state index is 0.00756. The topological polar surface area (TPSA) is 59.1 Å². The van der Waals surface area contributed by atoms with Gasteiger partial charge in [0.05, 0.1) is 5.56 Å². The summed E-state index contributed by atoms with van der Waals surface area (Å²) < 4.78 is 5.95. The third kappa shape index (κ3) is 3.71. The van der Waals surface area contributed by atoms with Crippen LogP contribution in [0, 0.1) is 12.3 Å². The van der Waals surface area contributed by atoms with Crippen molar-refractivity contribution in [1.82, 2.24) is 0 Å². The van der Waals surface area contributed by atoms with Crippen molar-refractivity contribution in [2.75, 3.05) is 5.75 Å². The highest BCUT2D eigenvalue weighted by molar-refractivity contribution is 7.99. The van der Waals surface area contributed by atoms with Gasteiger partial charge in [0.2, 0.25) is 0 Å². The zero-order valence-electron chi connectivity index (χ0n) is 11.9. The van der Waals surface area contributed by atoms with Crippen molar-refractivity contribution in [2.24, 2.45) is 5.73 Å². The molecule has 2 aromatic rings. The number of halogens is 1. The number of hydrogen-bond acceptors (Lipinski definition) is 3. The van der Waals surface area contributed by atoms with Crippen LogP contribution in [0.3, 0.4) is 0 Å². The number of thioether (sulfide) groups is 1. The third-order valence-corrected chi connectivity index (χ3v) is 4.09. The maximum Gasteiger partial charge on any atom is 0.139 e. The Morgan fingerprint density at radius 3 is 2.67 bits per heavy atom. The second-order valence-corrected chi connectivity index (χ2v) is 6.23. The molecule has 0 aliphatic rings. The number of aryl methyl sites for hydroxylation is 1. The van der Waals surface area contributed by atoms with E-state index >= 15 is 0 Å². The second kappa shape index (κ2) is 6.87. The van der Waals surface area contributed by atoms with Crippen LogP contribution in [0.4, 0.5) is 0 Å². The van der Waals surface area contributed by atoms with Gasteiger partial charge in [-0.2, -0.15) is 0 Å². The first kappa shape index (κ1) is 15.7. The number of ether oxygens (including phenoxy) is 1. The first-order chi connectivity index (χ1) is 10.0. The number of amidine groups is 1. The quantitative estimate of drug-likeness (QED) is 0.471. The Kier molecular flexibility index (Phi) is 5.15. The highest BCUT2D eigenvalue weighted by Crippen LogP contribution is 2.34. The van der Waals surface area contributed by atoms with Crippen LogP contribution < -0.4 is 10.5 Å². The van der Waals surface area contributed by atoms with Crippen molar-refractivity contribution in [3.8, 4) is 11.5 Å². The van der Waals surface area contributed by atoms with E-state index in [0.717, 1.165) is 16.2 Å². The van der Waals surface area contributed by atoms with Gasteiger partial charge in [-0.1, -0.05) is 24.6 Å². The largest absolute Gasteiger partial charge is 0.456 e. The number of nitrogen functional groups attached to an aromatic ring is 1. The summed E-state index contributed by atoms with van der Waals surface area (Å²) in [5.74, 6) is 2.21. The Morgan fingerprint density at radius 2 is 2.05 bits per heavy atom. The zero-order valence-corrected chi connectivity index (χ0v) is 13.5. The van der Waals surface area contributed by atoms with Gasteiger partial charge < -0.3 is 10.5 Å². The Morgan fingerprint density at radius 1 is 1.29 bits per heavy atom. The van der Waals surface area contributed by atoms with Crippen LogP contribution in [0.15, 0.2) is 41.3 Å². The molecule has 0 amide bonds. The molecule has 110 valence electrons. The van der Waals surface area contributed by atoms with Crippen LogP contribution in [0.5, 0.6) is 11.5 Å². The van der Waals surface area contributed by atoms with Gasteiger partial charge in [-0.3, -0.25) is 5.41 Å². The van der Waals surface area contributed by atoms with Gasteiger partial charge >= 0.3 is 0 Å². The summed E-state index contributed by atoms with van der Waals surface area (Å²) in [6.45, 7) is 3.99. The van der Waals surface area contributed by atoms with Crippen LogP contribution in [-0.2, 0) is 0 Å². The van der Waals surface area contributed by atoms with Crippen molar-refractivity contribution in [3.63, 3.8) is 0 Å². The van der Waals surface area contributed by atoms with E-state index in [0.29, 0.717) is 22.1 Å². The molecule has 0 saturated heterocycles. The predicted molar refractivity (Wildman–Crippen MR) is 90.1 cm³/mol. The van der Waals surface area contributed by atoms with Gasteiger partial charge in [-0.15, -0.1) is 11.8 Å². The summed E-state index contributed by atoms with van der Waals surface area (Å²) in [7, 11) is 0. The third-order valence-electron chi connectivity index (χ3n) is 2.91. The fourth-order valence-electron chi connectivity index (χ4n) is 1.98. The highest BCUT2D eigenvalue weighted by Gasteiger charge is 2.14. The second-order valence-electron chi connectivity index (χ2n) is 4.49. The van der Waals surface area contributed by atoms with Crippen molar-refractivity contribution in [3.05, 3.63) is 52.5 Å². The molecule has 0 aliphatic carbocycles. The Bertz CT molecular complexity index is 673. The molecule has 0 aromatic heterocycles. The van der Waals surface area contributed by atoms with Crippen LogP contribution >= 0.6 is 23.4 Å². The molecule has 0 aliphatic heterocycles. The smallest absolute Gasteiger partial charge is 0.139 e. The lowest BCUT2D eigenvalue weighted by Crippen LogP contribution is -2.14. The molecule has 0 unspecified atom stereocenters. The maximum atomic E-state index is 7.81. The Labute approximate surface area is 134 Å². The summed E-state index contributed by atoms with van der Waals surface area (Å²) in [6.07, 6.45) is 0. The summed E-state index contributed by atoms with van der Waals surface area (Å²) >= 11 is 7.59. The van der Waals surface area contributed by atoms with Gasteiger partial charge in [-0.05, 0) is 48.6 Å². The van der Waals surface area contributed by atoms with Crippen molar-refractivity contribution < 1.29 is 4.74 Å². The lowest BCUT2D eigenvalue weighted by molar-refractivity contribution is 0.476. The van der Waals surface area contributed by atoms with Gasteiger partial charge in [0.1, 0.15) is 17.3 Å². The lowest BCUT2D eigenvalue weighted by Gasteiger charge is -2.15. The van der Waals surface area contributed by atoms with Crippen molar-refractivity contribution in [1.29, 1.82) is 5.41 Å². The van der Waals surface area contributed by atoms with E-state index in [-0.39, 0.29) is 5.84 Å². The van der Waals surface area contributed by atoms with Gasteiger partial charge in [0, 0.05) is 9.92 Å². The molecule has 21 heavy (non-hydrogen) atoms. The molecule has 2 rings (SSSR count). The molecule has 0 heterocycles. The van der Waals surface area contributed by atoms with Gasteiger partial charge in [-0.25, -0.2) is 0 Å². The molecule has 0 saturated carbocycles. The van der Waals surface area contributed by atoms with E-state index in [1.165, 1.54) is 0 Å². The molecule has 0 fully saturated rings. The molecule has 3 nitrogen and oxygen atoms in total. The zero-order chi connectivity index (χ0) is 15.4. The van der Waals surface area contributed by atoms with Crippen LogP contribution in [0.1, 0.15) is 18.1 Å². The molecule has 2 aromatic carbocycles. The van der Waals surface area contributed by atoms with Crippen molar-refractivity contribution in [2.45, 2.75) is 18.7 Å². The molecule has 0 radical (unpaired) electrons. The Balaban J connectivity index is 2.43. The van der Waals surface area contributed by atoms with Gasteiger partial charge in [0.15, 0.2) is 0 Å². The number of rotatable bonds is 5. The summed E-state index contributed by atoms with van der Waals surface area (Å²) in [5.41, 5.74) is 7.30. The average molecular weight is 321 g/mol. The summed E-state index contributed by atoms with van der Waals surface area (Å²) in [4.78, 5) is 0.953. The molecule has 5 heteroatoms. The van der Waals surface area contributed by atoms with E-state index in [4.69, 9.17) is 27.5 Å². The maximum absolute atomic E-state index is 7.81. The predicted octanol–water partition coefficient (Wildman–Crippen LogP) is 4.84.